The molecule has 0 saturated carbocycles. The molecule has 0 atom stereocenters. The molecule has 0 amide bonds. The van der Waals surface area contributed by atoms with Gasteiger partial charge in [0.2, 0.25) is 0 Å². The van der Waals surface area contributed by atoms with Crippen molar-refractivity contribution in [1.29, 1.82) is 0 Å². The molecule has 0 heterocycles. The Balaban J connectivity index is 2.78. The molecule has 0 spiro atoms. The summed E-state index contributed by atoms with van der Waals surface area (Å²) < 4.78 is 13.2. The van der Waals surface area contributed by atoms with Gasteiger partial charge >= 0.3 is 5.97 Å². The molecule has 15 heavy (non-hydrogen) atoms. The average molecular weight is 231 g/mol. The van der Waals surface area contributed by atoms with Crippen LogP contribution >= 0.6 is 11.6 Å². The van der Waals surface area contributed by atoms with Gasteiger partial charge in [-0.25, -0.2) is 4.39 Å². The minimum Gasteiger partial charge on any atom is -0.481 e. The van der Waals surface area contributed by atoms with Gasteiger partial charge in [-0.2, -0.15) is 0 Å². The monoisotopic (exact) mass is 230 g/mol. The summed E-state index contributed by atoms with van der Waals surface area (Å²) in [5, 5.41) is 8.55. The summed E-state index contributed by atoms with van der Waals surface area (Å²) >= 11 is 5.50. The highest BCUT2D eigenvalue weighted by Gasteiger charge is 2.13. The number of carbonyl (C=O) groups excluding carboxylic acids is 1. The van der Waals surface area contributed by atoms with Crippen molar-refractivity contribution in [3.63, 3.8) is 0 Å². The highest BCUT2D eigenvalue weighted by Crippen LogP contribution is 2.16. The van der Waals surface area contributed by atoms with Crippen LogP contribution in [0.3, 0.4) is 0 Å². The van der Waals surface area contributed by atoms with E-state index in [4.69, 9.17) is 16.7 Å². The number of Topliss-reactive ketones (excluding diaryl/α,β-unsaturated/α-hetero) is 1. The maximum Gasteiger partial charge on any atom is 0.303 e. The number of ketones is 1. The molecule has 0 aliphatic heterocycles. The van der Waals surface area contributed by atoms with E-state index in [1.165, 1.54) is 12.1 Å². The van der Waals surface area contributed by atoms with E-state index in [2.05, 4.69) is 0 Å². The molecular weight excluding hydrogens is 223 g/mol. The lowest BCUT2D eigenvalue weighted by Crippen LogP contribution is -2.05. The number of rotatable bonds is 4. The molecule has 0 aliphatic carbocycles. The normalized spacial score (nSPS) is 10.0. The maximum absolute atomic E-state index is 13.2. The van der Waals surface area contributed by atoms with Crippen LogP contribution in [-0.2, 0) is 4.79 Å². The van der Waals surface area contributed by atoms with E-state index >= 15 is 0 Å². The number of hydrogen-bond donors (Lipinski definition) is 1. The maximum atomic E-state index is 13.2. The lowest BCUT2D eigenvalue weighted by molar-refractivity contribution is -0.136. The summed E-state index contributed by atoms with van der Waals surface area (Å²) in [5.41, 5.74) is -0.124. The summed E-state index contributed by atoms with van der Waals surface area (Å²) in [6.07, 6.45) is -0.519. The fourth-order valence-corrected chi connectivity index (χ4v) is 1.23. The van der Waals surface area contributed by atoms with E-state index in [9.17, 15) is 14.0 Å². The van der Waals surface area contributed by atoms with Crippen molar-refractivity contribution in [3.05, 3.63) is 34.6 Å². The Morgan fingerprint density at radius 2 is 2.00 bits per heavy atom. The molecule has 0 aromatic heterocycles. The van der Waals surface area contributed by atoms with Crippen LogP contribution in [0.1, 0.15) is 23.2 Å². The number of carboxylic acids is 1. The van der Waals surface area contributed by atoms with Crippen molar-refractivity contribution in [2.75, 3.05) is 0 Å². The van der Waals surface area contributed by atoms with Crippen LogP contribution in [0.2, 0.25) is 5.02 Å². The molecule has 1 aromatic rings. The van der Waals surface area contributed by atoms with E-state index in [1.54, 1.807) is 0 Å². The topological polar surface area (TPSA) is 54.4 Å². The van der Waals surface area contributed by atoms with Gasteiger partial charge in [0.1, 0.15) is 5.82 Å². The van der Waals surface area contributed by atoms with Crippen LogP contribution in [-0.4, -0.2) is 16.9 Å². The predicted octanol–water partition coefficient (Wildman–Crippen LogP) is 2.53. The number of carbonyl (C=O) groups is 2. The number of hydrogen-bond acceptors (Lipinski definition) is 2. The zero-order valence-corrected chi connectivity index (χ0v) is 8.42. The van der Waals surface area contributed by atoms with Crippen molar-refractivity contribution in [2.45, 2.75) is 12.8 Å². The van der Waals surface area contributed by atoms with Crippen molar-refractivity contribution in [1.82, 2.24) is 0 Å². The van der Waals surface area contributed by atoms with Gasteiger partial charge in [0.15, 0.2) is 5.78 Å². The third-order valence-electron chi connectivity index (χ3n) is 1.80. The second-order valence-corrected chi connectivity index (χ2v) is 3.38. The van der Waals surface area contributed by atoms with Crippen LogP contribution in [0, 0.1) is 5.82 Å². The smallest absolute Gasteiger partial charge is 0.303 e. The van der Waals surface area contributed by atoms with E-state index < -0.39 is 17.6 Å². The molecule has 0 aliphatic rings. The standard InChI is InChI=1S/C10H8ClFO3/c11-6-1-2-7(8(12)5-6)9(13)3-4-10(14)15/h1-2,5H,3-4H2,(H,14,15). The Hall–Kier alpha value is -1.42. The summed E-state index contributed by atoms with van der Waals surface area (Å²) in [6.45, 7) is 0. The van der Waals surface area contributed by atoms with E-state index in [0.29, 0.717) is 0 Å². The summed E-state index contributed by atoms with van der Waals surface area (Å²) in [6, 6.07) is 3.66. The molecule has 3 nitrogen and oxygen atoms in total. The van der Waals surface area contributed by atoms with Gasteiger partial charge in [-0.15, -0.1) is 0 Å². The first-order valence-corrected chi connectivity index (χ1v) is 4.58. The quantitative estimate of drug-likeness (QED) is 0.809. The molecule has 0 bridgehead atoms. The average Bonchev–Trinajstić information content (AvgIpc) is 2.14. The van der Waals surface area contributed by atoms with Crippen molar-refractivity contribution in [3.8, 4) is 0 Å². The van der Waals surface area contributed by atoms with Crippen LogP contribution in [0.25, 0.3) is 0 Å². The Morgan fingerprint density at radius 1 is 1.33 bits per heavy atom. The molecular formula is C10H8ClFO3. The van der Waals surface area contributed by atoms with Gasteiger partial charge in [0.05, 0.1) is 12.0 Å². The second kappa shape index (κ2) is 4.89. The summed E-state index contributed by atoms with van der Waals surface area (Å²) in [4.78, 5) is 21.5. The lowest BCUT2D eigenvalue weighted by Gasteiger charge is -2.01. The number of aliphatic carboxylic acids is 1. The lowest BCUT2D eigenvalue weighted by atomic mass is 10.1. The van der Waals surface area contributed by atoms with Crippen molar-refractivity contribution in [2.24, 2.45) is 0 Å². The highest BCUT2D eigenvalue weighted by molar-refractivity contribution is 6.30. The molecule has 5 heteroatoms. The van der Waals surface area contributed by atoms with Crippen molar-refractivity contribution >= 4 is 23.4 Å². The van der Waals surface area contributed by atoms with Crippen LogP contribution in [0.4, 0.5) is 4.39 Å². The summed E-state index contributed by atoms with van der Waals surface area (Å²) in [5.74, 6) is -2.35. The van der Waals surface area contributed by atoms with E-state index in [0.717, 1.165) is 6.07 Å². The predicted molar refractivity (Wildman–Crippen MR) is 52.6 cm³/mol. The number of halogens is 2. The van der Waals surface area contributed by atoms with E-state index in [1.807, 2.05) is 0 Å². The van der Waals surface area contributed by atoms with E-state index in [-0.39, 0.29) is 23.4 Å². The first-order valence-electron chi connectivity index (χ1n) is 4.20. The molecule has 0 radical (unpaired) electrons. The van der Waals surface area contributed by atoms with Crippen molar-refractivity contribution < 1.29 is 19.1 Å². The fourth-order valence-electron chi connectivity index (χ4n) is 1.07. The van der Waals surface area contributed by atoms with Crippen LogP contribution in [0.15, 0.2) is 18.2 Å². The molecule has 0 unspecified atom stereocenters. The molecule has 0 saturated heterocycles. The zero-order valence-electron chi connectivity index (χ0n) is 7.67. The molecule has 1 N–H and O–H groups in total. The van der Waals surface area contributed by atoms with Gasteiger partial charge in [-0.1, -0.05) is 11.6 Å². The Labute approximate surface area is 90.5 Å². The summed E-state index contributed by atoms with van der Waals surface area (Å²) in [7, 11) is 0. The minimum atomic E-state index is -1.09. The molecule has 1 aromatic carbocycles. The molecule has 0 fully saturated rings. The number of carboxylic acid groups (broad SMARTS) is 1. The van der Waals surface area contributed by atoms with Gasteiger partial charge in [-0.3, -0.25) is 9.59 Å². The minimum absolute atomic E-state index is 0.124. The van der Waals surface area contributed by atoms with Gasteiger partial charge < -0.3 is 5.11 Å². The second-order valence-electron chi connectivity index (χ2n) is 2.94. The molecule has 1 rings (SSSR count). The number of benzene rings is 1. The SMILES string of the molecule is O=C(O)CCC(=O)c1ccc(Cl)cc1F. The Bertz CT molecular complexity index is 404. The van der Waals surface area contributed by atoms with Crippen LogP contribution < -0.4 is 0 Å². The van der Waals surface area contributed by atoms with Gasteiger partial charge in [-0.05, 0) is 18.2 Å². The largest absolute Gasteiger partial charge is 0.481 e. The third-order valence-corrected chi connectivity index (χ3v) is 2.03. The fraction of sp³-hybridized carbons (Fsp3) is 0.200. The van der Waals surface area contributed by atoms with Gasteiger partial charge in [0.25, 0.3) is 0 Å². The first kappa shape index (κ1) is 11.7. The first-order chi connectivity index (χ1) is 7.00. The highest BCUT2D eigenvalue weighted by atomic mass is 35.5. The molecule has 80 valence electrons. The van der Waals surface area contributed by atoms with Crippen LogP contribution in [0.5, 0.6) is 0 Å². The Kier molecular flexibility index (Phi) is 3.80. The van der Waals surface area contributed by atoms with Gasteiger partial charge in [0, 0.05) is 11.4 Å². The Morgan fingerprint density at radius 3 is 2.53 bits per heavy atom. The zero-order chi connectivity index (χ0) is 11.4. The third kappa shape index (κ3) is 3.32.